The molecule has 0 radical (unpaired) electrons. The summed E-state index contributed by atoms with van der Waals surface area (Å²) in [5.41, 5.74) is 4.01. The first-order valence-electron chi connectivity index (χ1n) is 7.35. The van der Waals surface area contributed by atoms with Crippen molar-refractivity contribution in [3.05, 3.63) is 77.5 Å². The molecule has 0 saturated carbocycles. The molecule has 0 unspecified atom stereocenters. The Morgan fingerprint density at radius 3 is 2.61 bits per heavy atom. The zero-order valence-corrected chi connectivity index (χ0v) is 12.6. The van der Waals surface area contributed by atoms with Gasteiger partial charge in [0.05, 0.1) is 5.57 Å². The Bertz CT molecular complexity index is 965. The third-order valence-electron chi connectivity index (χ3n) is 3.97. The number of hydrogen-bond acceptors (Lipinski definition) is 3. The maximum Gasteiger partial charge on any atom is 0.368 e. The average Bonchev–Trinajstić information content (AvgIpc) is 3.11. The number of aromatic nitrogens is 1. The van der Waals surface area contributed by atoms with E-state index in [4.69, 9.17) is 4.84 Å². The van der Waals surface area contributed by atoms with Crippen LogP contribution in [-0.2, 0) is 16.7 Å². The SMILES string of the molecule is Cn1cc(C=C2C(=O)ON=C2c2ccccc2)c2ccccc21. The van der Waals surface area contributed by atoms with Crippen LogP contribution >= 0.6 is 0 Å². The van der Waals surface area contributed by atoms with Gasteiger partial charge in [-0.1, -0.05) is 53.7 Å². The van der Waals surface area contributed by atoms with Crippen LogP contribution in [0.3, 0.4) is 0 Å². The Morgan fingerprint density at radius 1 is 1.04 bits per heavy atom. The number of rotatable bonds is 2. The van der Waals surface area contributed by atoms with Crippen LogP contribution in [-0.4, -0.2) is 16.2 Å². The van der Waals surface area contributed by atoms with E-state index in [2.05, 4.69) is 11.2 Å². The fourth-order valence-corrected chi connectivity index (χ4v) is 2.86. The minimum absolute atomic E-state index is 0.420. The van der Waals surface area contributed by atoms with E-state index < -0.39 is 5.97 Å². The molecule has 1 aliphatic heterocycles. The van der Waals surface area contributed by atoms with E-state index in [9.17, 15) is 4.79 Å². The highest BCUT2D eigenvalue weighted by molar-refractivity contribution is 6.31. The minimum atomic E-state index is -0.420. The standard InChI is InChI=1S/C19H14N2O2/c1-21-12-14(15-9-5-6-10-17(15)21)11-16-18(20-23-19(16)22)13-7-3-2-4-8-13/h2-12H,1H3. The first-order chi connectivity index (χ1) is 11.2. The molecule has 4 nitrogen and oxygen atoms in total. The number of carbonyl (C=O) groups excluding carboxylic acids is 1. The van der Waals surface area contributed by atoms with Crippen LogP contribution in [0.5, 0.6) is 0 Å². The van der Waals surface area contributed by atoms with Crippen molar-refractivity contribution in [2.24, 2.45) is 12.2 Å². The van der Waals surface area contributed by atoms with E-state index in [-0.39, 0.29) is 0 Å². The fraction of sp³-hybridized carbons (Fsp3) is 0.0526. The lowest BCUT2D eigenvalue weighted by Gasteiger charge is -1.99. The summed E-state index contributed by atoms with van der Waals surface area (Å²) in [6.45, 7) is 0. The molecule has 23 heavy (non-hydrogen) atoms. The van der Waals surface area contributed by atoms with Crippen LogP contribution < -0.4 is 0 Å². The van der Waals surface area contributed by atoms with Gasteiger partial charge in [0.1, 0.15) is 5.71 Å². The van der Waals surface area contributed by atoms with Crippen molar-refractivity contribution in [1.29, 1.82) is 0 Å². The largest absolute Gasteiger partial charge is 0.368 e. The van der Waals surface area contributed by atoms with E-state index in [0.29, 0.717) is 11.3 Å². The number of para-hydroxylation sites is 1. The highest BCUT2D eigenvalue weighted by Gasteiger charge is 2.27. The fourth-order valence-electron chi connectivity index (χ4n) is 2.86. The van der Waals surface area contributed by atoms with Crippen molar-refractivity contribution in [3.8, 4) is 0 Å². The topological polar surface area (TPSA) is 43.6 Å². The van der Waals surface area contributed by atoms with Crippen LogP contribution in [0.25, 0.3) is 17.0 Å². The minimum Gasteiger partial charge on any atom is -0.350 e. The van der Waals surface area contributed by atoms with Gasteiger partial charge >= 0.3 is 5.97 Å². The highest BCUT2D eigenvalue weighted by atomic mass is 16.7. The third kappa shape index (κ3) is 2.25. The van der Waals surface area contributed by atoms with Gasteiger partial charge in [0.15, 0.2) is 0 Å². The molecule has 112 valence electrons. The van der Waals surface area contributed by atoms with E-state index in [1.165, 1.54) is 0 Å². The zero-order valence-electron chi connectivity index (χ0n) is 12.6. The molecule has 0 bridgehead atoms. The summed E-state index contributed by atoms with van der Waals surface area (Å²) in [4.78, 5) is 17.0. The van der Waals surface area contributed by atoms with E-state index in [1.807, 2.05) is 72.4 Å². The number of carbonyl (C=O) groups is 1. The number of benzene rings is 2. The first-order valence-corrected chi connectivity index (χ1v) is 7.35. The van der Waals surface area contributed by atoms with Gasteiger partial charge in [0.2, 0.25) is 0 Å². The molecule has 4 rings (SSSR count). The third-order valence-corrected chi connectivity index (χ3v) is 3.97. The van der Waals surface area contributed by atoms with Crippen molar-refractivity contribution in [1.82, 2.24) is 4.57 Å². The summed E-state index contributed by atoms with van der Waals surface area (Å²) < 4.78 is 2.04. The predicted octanol–water partition coefficient (Wildman–Crippen LogP) is 3.52. The van der Waals surface area contributed by atoms with Crippen LogP contribution in [0.1, 0.15) is 11.1 Å². The lowest BCUT2D eigenvalue weighted by molar-refractivity contribution is -0.136. The number of nitrogens with zero attached hydrogens (tertiary/aromatic N) is 2. The maximum atomic E-state index is 12.1. The Morgan fingerprint density at radius 2 is 1.78 bits per heavy atom. The molecule has 0 fully saturated rings. The summed E-state index contributed by atoms with van der Waals surface area (Å²) in [6.07, 6.45) is 3.86. The number of aryl methyl sites for hydroxylation is 1. The second kappa shape index (κ2) is 5.25. The van der Waals surface area contributed by atoms with Crippen molar-refractivity contribution >= 4 is 28.7 Å². The van der Waals surface area contributed by atoms with Crippen molar-refractivity contribution < 1.29 is 9.63 Å². The quantitative estimate of drug-likeness (QED) is 0.537. The van der Waals surface area contributed by atoms with Crippen molar-refractivity contribution in [3.63, 3.8) is 0 Å². The molecule has 0 aliphatic carbocycles. The molecular formula is C19H14N2O2. The summed E-state index contributed by atoms with van der Waals surface area (Å²) in [7, 11) is 1.99. The molecule has 4 heteroatoms. The monoisotopic (exact) mass is 302 g/mol. The molecule has 1 aromatic heterocycles. The first kappa shape index (κ1) is 13.5. The van der Waals surface area contributed by atoms with Gasteiger partial charge in [-0.25, -0.2) is 4.79 Å². The molecule has 0 spiro atoms. The summed E-state index contributed by atoms with van der Waals surface area (Å²) in [5.74, 6) is -0.420. The van der Waals surface area contributed by atoms with Crippen molar-refractivity contribution in [2.75, 3.05) is 0 Å². The molecule has 0 N–H and O–H groups in total. The Labute approximate surface area is 133 Å². The zero-order chi connectivity index (χ0) is 15.8. The van der Waals surface area contributed by atoms with E-state index in [1.54, 1.807) is 0 Å². The lowest BCUT2D eigenvalue weighted by Crippen LogP contribution is -2.06. The van der Waals surface area contributed by atoms with E-state index in [0.717, 1.165) is 22.0 Å². The number of fused-ring (bicyclic) bond motifs is 1. The van der Waals surface area contributed by atoms with Crippen LogP contribution in [0.2, 0.25) is 0 Å². The lowest BCUT2D eigenvalue weighted by atomic mass is 10.0. The molecule has 0 saturated heterocycles. The summed E-state index contributed by atoms with van der Waals surface area (Å²) >= 11 is 0. The normalized spacial score (nSPS) is 16.0. The van der Waals surface area contributed by atoms with E-state index >= 15 is 0 Å². The second-order valence-corrected chi connectivity index (χ2v) is 5.46. The Hall–Kier alpha value is -3.14. The number of hydrogen-bond donors (Lipinski definition) is 0. The molecule has 0 amide bonds. The van der Waals surface area contributed by atoms with Crippen LogP contribution in [0.15, 0.2) is 71.5 Å². The summed E-state index contributed by atoms with van der Waals surface area (Å²) in [5, 5.41) is 5.04. The average molecular weight is 302 g/mol. The molecule has 2 aromatic carbocycles. The highest BCUT2D eigenvalue weighted by Crippen LogP contribution is 2.26. The van der Waals surface area contributed by atoms with Crippen LogP contribution in [0.4, 0.5) is 0 Å². The second-order valence-electron chi connectivity index (χ2n) is 5.46. The maximum absolute atomic E-state index is 12.1. The molecule has 1 aliphatic rings. The van der Waals surface area contributed by atoms with Gasteiger partial charge in [-0.15, -0.1) is 0 Å². The predicted molar refractivity (Wildman–Crippen MR) is 90.0 cm³/mol. The van der Waals surface area contributed by atoms with Gasteiger partial charge in [-0.2, -0.15) is 0 Å². The van der Waals surface area contributed by atoms with Crippen molar-refractivity contribution in [2.45, 2.75) is 0 Å². The number of oxime groups is 1. The molecule has 2 heterocycles. The van der Waals surface area contributed by atoms with Gasteiger partial charge in [-0.05, 0) is 12.1 Å². The van der Waals surface area contributed by atoms with Gasteiger partial charge < -0.3 is 9.40 Å². The van der Waals surface area contributed by atoms with Gasteiger partial charge in [0, 0.05) is 35.3 Å². The van der Waals surface area contributed by atoms with Crippen LogP contribution in [0, 0.1) is 0 Å². The molecular weight excluding hydrogens is 288 g/mol. The Kier molecular flexibility index (Phi) is 3.08. The Balaban J connectivity index is 1.86. The summed E-state index contributed by atoms with van der Waals surface area (Å²) in [6, 6.07) is 17.7. The smallest absolute Gasteiger partial charge is 0.350 e. The molecule has 0 atom stereocenters. The van der Waals surface area contributed by atoms with Gasteiger partial charge in [0.25, 0.3) is 0 Å². The molecule has 3 aromatic rings. The van der Waals surface area contributed by atoms with Gasteiger partial charge in [-0.3, -0.25) is 0 Å².